The highest BCUT2D eigenvalue weighted by Gasteiger charge is 1.92. The number of carbonyl (C=O) groups is 1. The Labute approximate surface area is 87.4 Å². The largest absolute Gasteiger partial charge is 0.327 e. The minimum atomic E-state index is -0.0524. The Morgan fingerprint density at radius 2 is 2.00 bits per heavy atom. The van der Waals surface area contributed by atoms with Crippen LogP contribution in [0, 0.1) is 0 Å². The standard InChI is InChI=1S/C10H15NO.C2H6/c1-4-6-8-10(7-5-2)11-9(3)12;1-2/h4,6-8H,1,5H2,2-3H3,(H,11,12);1-2H3/b8-6-,10-7+;. The molecule has 0 saturated heterocycles. The lowest BCUT2D eigenvalue weighted by molar-refractivity contribution is -0.118. The molecule has 0 rings (SSSR count). The smallest absolute Gasteiger partial charge is 0.221 e. The maximum Gasteiger partial charge on any atom is 0.221 e. The lowest BCUT2D eigenvalue weighted by atomic mass is 10.3. The second-order valence-corrected chi connectivity index (χ2v) is 2.34. The predicted octanol–water partition coefficient (Wildman–Crippen LogP) is 3.18. The number of amides is 1. The van der Waals surface area contributed by atoms with Gasteiger partial charge < -0.3 is 5.32 Å². The first kappa shape index (κ1) is 15.2. The van der Waals surface area contributed by atoms with Crippen LogP contribution in [0.25, 0.3) is 0 Å². The van der Waals surface area contributed by atoms with Gasteiger partial charge in [-0.2, -0.15) is 0 Å². The van der Waals surface area contributed by atoms with Crippen LogP contribution < -0.4 is 5.32 Å². The Morgan fingerprint density at radius 3 is 2.36 bits per heavy atom. The van der Waals surface area contributed by atoms with Crippen LogP contribution in [0.4, 0.5) is 0 Å². The van der Waals surface area contributed by atoms with Gasteiger partial charge in [0, 0.05) is 12.6 Å². The summed E-state index contributed by atoms with van der Waals surface area (Å²) in [6, 6.07) is 0. The fourth-order valence-electron chi connectivity index (χ4n) is 0.756. The maximum absolute atomic E-state index is 10.7. The molecule has 2 nitrogen and oxygen atoms in total. The first-order valence-electron chi connectivity index (χ1n) is 4.97. The monoisotopic (exact) mass is 195 g/mol. The second-order valence-electron chi connectivity index (χ2n) is 2.34. The molecule has 0 aromatic carbocycles. The summed E-state index contributed by atoms with van der Waals surface area (Å²) in [6.07, 6.45) is 8.12. The van der Waals surface area contributed by atoms with Crippen molar-refractivity contribution in [3.63, 3.8) is 0 Å². The van der Waals surface area contributed by atoms with E-state index in [-0.39, 0.29) is 5.91 Å². The molecule has 0 aromatic heterocycles. The molecular formula is C12H21NO. The first-order chi connectivity index (χ1) is 6.70. The van der Waals surface area contributed by atoms with Crippen molar-refractivity contribution in [1.82, 2.24) is 5.32 Å². The van der Waals surface area contributed by atoms with E-state index in [1.807, 2.05) is 32.9 Å². The quantitative estimate of drug-likeness (QED) is 0.686. The van der Waals surface area contributed by atoms with Crippen LogP contribution in [0.15, 0.2) is 36.6 Å². The van der Waals surface area contributed by atoms with Crippen LogP contribution in [0.1, 0.15) is 34.1 Å². The fraction of sp³-hybridized carbons (Fsp3) is 0.417. The van der Waals surface area contributed by atoms with E-state index in [1.165, 1.54) is 6.92 Å². The van der Waals surface area contributed by atoms with Crippen LogP contribution in [-0.4, -0.2) is 5.91 Å². The molecule has 0 aliphatic rings. The summed E-state index contributed by atoms with van der Waals surface area (Å²) in [5.41, 5.74) is 0.824. The van der Waals surface area contributed by atoms with Crippen LogP contribution in [0.5, 0.6) is 0 Å². The molecule has 0 aliphatic heterocycles. The molecule has 1 N–H and O–H groups in total. The zero-order valence-corrected chi connectivity index (χ0v) is 9.63. The molecule has 0 aromatic rings. The Hall–Kier alpha value is -1.31. The highest BCUT2D eigenvalue weighted by atomic mass is 16.1. The average Bonchev–Trinajstić information content (AvgIpc) is 2.17. The normalized spacial score (nSPS) is 10.4. The number of hydrogen-bond donors (Lipinski definition) is 1. The molecule has 0 saturated carbocycles. The van der Waals surface area contributed by atoms with Gasteiger partial charge in [0.15, 0.2) is 0 Å². The van der Waals surface area contributed by atoms with Crippen molar-refractivity contribution in [2.75, 3.05) is 0 Å². The van der Waals surface area contributed by atoms with E-state index in [0.717, 1.165) is 12.1 Å². The minimum absolute atomic E-state index is 0.0524. The van der Waals surface area contributed by atoms with Gasteiger partial charge in [-0.25, -0.2) is 0 Å². The van der Waals surface area contributed by atoms with Crippen LogP contribution >= 0.6 is 0 Å². The number of allylic oxidation sites excluding steroid dienone is 4. The Kier molecular flexibility index (Phi) is 12.7. The SMILES string of the molecule is C=C/C=C\C(=C/CC)NC(C)=O.CC. The van der Waals surface area contributed by atoms with E-state index in [4.69, 9.17) is 0 Å². The molecule has 14 heavy (non-hydrogen) atoms. The molecule has 0 aliphatic carbocycles. The van der Waals surface area contributed by atoms with Crippen LogP contribution in [0.3, 0.4) is 0 Å². The zero-order valence-electron chi connectivity index (χ0n) is 9.63. The Morgan fingerprint density at radius 1 is 1.43 bits per heavy atom. The summed E-state index contributed by atoms with van der Waals surface area (Å²) in [4.78, 5) is 10.7. The number of carbonyl (C=O) groups excluding carboxylic acids is 1. The van der Waals surface area contributed by atoms with Gasteiger partial charge >= 0.3 is 0 Å². The molecule has 80 valence electrons. The summed E-state index contributed by atoms with van der Waals surface area (Å²) >= 11 is 0. The topological polar surface area (TPSA) is 29.1 Å². The van der Waals surface area contributed by atoms with Crippen molar-refractivity contribution in [2.45, 2.75) is 34.1 Å². The third-order valence-electron chi connectivity index (χ3n) is 1.16. The van der Waals surface area contributed by atoms with E-state index in [9.17, 15) is 4.79 Å². The highest BCUT2D eigenvalue weighted by molar-refractivity contribution is 5.75. The molecule has 0 radical (unpaired) electrons. The van der Waals surface area contributed by atoms with E-state index >= 15 is 0 Å². The van der Waals surface area contributed by atoms with Crippen LogP contribution in [0.2, 0.25) is 0 Å². The minimum Gasteiger partial charge on any atom is -0.327 e. The molecule has 0 fully saturated rings. The molecule has 0 spiro atoms. The first-order valence-corrected chi connectivity index (χ1v) is 4.97. The van der Waals surface area contributed by atoms with Gasteiger partial charge in [0.25, 0.3) is 0 Å². The van der Waals surface area contributed by atoms with Gasteiger partial charge in [0.1, 0.15) is 0 Å². The summed E-state index contributed by atoms with van der Waals surface area (Å²) in [5, 5.41) is 2.70. The van der Waals surface area contributed by atoms with E-state index in [2.05, 4.69) is 11.9 Å². The van der Waals surface area contributed by atoms with Gasteiger partial charge in [-0.1, -0.05) is 45.6 Å². The number of rotatable bonds is 4. The van der Waals surface area contributed by atoms with E-state index < -0.39 is 0 Å². The number of nitrogens with one attached hydrogen (secondary N) is 1. The van der Waals surface area contributed by atoms with Crippen molar-refractivity contribution >= 4 is 5.91 Å². The summed E-state index contributed by atoms with van der Waals surface area (Å²) < 4.78 is 0. The lowest BCUT2D eigenvalue weighted by Gasteiger charge is -2.00. The average molecular weight is 195 g/mol. The fourth-order valence-corrected chi connectivity index (χ4v) is 0.756. The van der Waals surface area contributed by atoms with E-state index in [0.29, 0.717) is 0 Å². The highest BCUT2D eigenvalue weighted by Crippen LogP contribution is 1.94. The molecule has 0 atom stereocenters. The van der Waals surface area contributed by atoms with Gasteiger partial charge in [-0.3, -0.25) is 4.79 Å². The van der Waals surface area contributed by atoms with Crippen molar-refractivity contribution < 1.29 is 4.79 Å². The van der Waals surface area contributed by atoms with Crippen molar-refractivity contribution in [1.29, 1.82) is 0 Å². The third-order valence-corrected chi connectivity index (χ3v) is 1.16. The summed E-state index contributed by atoms with van der Waals surface area (Å²) in [7, 11) is 0. The zero-order chi connectivity index (χ0) is 11.4. The Bertz CT molecular complexity index is 214. The number of hydrogen-bond acceptors (Lipinski definition) is 1. The third kappa shape index (κ3) is 10.7. The van der Waals surface area contributed by atoms with Crippen molar-refractivity contribution in [3.05, 3.63) is 36.6 Å². The maximum atomic E-state index is 10.7. The molecular weight excluding hydrogens is 174 g/mol. The van der Waals surface area contributed by atoms with Gasteiger partial charge in [0.05, 0.1) is 0 Å². The summed E-state index contributed by atoms with van der Waals surface area (Å²) in [6.45, 7) is 11.1. The van der Waals surface area contributed by atoms with Gasteiger partial charge in [0.2, 0.25) is 5.91 Å². The van der Waals surface area contributed by atoms with Crippen molar-refractivity contribution in [2.24, 2.45) is 0 Å². The van der Waals surface area contributed by atoms with Crippen molar-refractivity contribution in [3.8, 4) is 0 Å². The molecule has 0 bridgehead atoms. The van der Waals surface area contributed by atoms with Gasteiger partial charge in [-0.05, 0) is 12.5 Å². The molecule has 1 amide bonds. The molecule has 0 heterocycles. The van der Waals surface area contributed by atoms with E-state index in [1.54, 1.807) is 12.2 Å². The lowest BCUT2D eigenvalue weighted by Crippen LogP contribution is -2.17. The van der Waals surface area contributed by atoms with Gasteiger partial charge in [-0.15, -0.1) is 0 Å². The predicted molar refractivity (Wildman–Crippen MR) is 62.9 cm³/mol. The Balaban J connectivity index is 0. The second kappa shape index (κ2) is 11.7. The summed E-state index contributed by atoms with van der Waals surface area (Å²) in [5.74, 6) is -0.0524. The molecule has 0 unspecified atom stereocenters. The van der Waals surface area contributed by atoms with Crippen LogP contribution in [-0.2, 0) is 4.79 Å². The molecule has 2 heteroatoms.